The Labute approximate surface area is 245 Å². The van der Waals surface area contributed by atoms with Crippen molar-refractivity contribution < 1.29 is 49.8 Å². The molecule has 4 heterocycles. The normalized spacial score (nSPS) is 21.2. The first-order chi connectivity index (χ1) is 20.4. The number of rotatable bonds is 1. The van der Waals surface area contributed by atoms with Gasteiger partial charge in [0.25, 0.3) is 17.4 Å². The highest BCUT2D eigenvalue weighted by molar-refractivity contribution is 5.90. The molecule has 0 radical (unpaired) electrons. The molecule has 236 valence electrons. The Morgan fingerprint density at radius 2 is 1.86 bits per heavy atom. The zero-order valence-corrected chi connectivity index (χ0v) is 23.5. The minimum atomic E-state index is -5.60. The maximum atomic E-state index is 14.9. The molecule has 44 heavy (non-hydrogen) atoms. The molecule has 5 rings (SSSR count). The molecule has 2 N–H and O–H groups in total. The first-order valence-electron chi connectivity index (χ1n) is 13.4. The third kappa shape index (κ3) is 5.81. The molecule has 16 heteroatoms. The van der Waals surface area contributed by atoms with Crippen LogP contribution in [0.15, 0.2) is 34.8 Å². The number of pyridine rings is 1. The number of carbonyl (C=O) groups excluding carboxylic acids is 1. The van der Waals surface area contributed by atoms with Gasteiger partial charge in [0.15, 0.2) is 5.69 Å². The van der Waals surface area contributed by atoms with E-state index in [-0.39, 0.29) is 18.5 Å². The molecule has 6 bridgehead atoms. The molecule has 0 saturated carbocycles. The standard InChI is InChI=1S/C28H26F7N5O4/c1-25(2,3)44-24(41)36-19-13-17(27(30,31)32)21-37-20(19)22-38-39-23(43-22)26(42,28(33,34)35)16-12-14(9-10-18(16)29)6-4-7-15-8-5-11-40(15)21/h4,6,9-10,12-13,15,42H,5,7-8,11H2,1-3H3,(H,36,41)/b6-4-/t15-,26+/m1/s1. The molecule has 1 saturated heterocycles. The van der Waals surface area contributed by atoms with Crippen molar-refractivity contribution in [1.29, 1.82) is 0 Å². The number of aliphatic hydroxyl groups is 1. The van der Waals surface area contributed by atoms with E-state index in [9.17, 15) is 40.6 Å². The van der Waals surface area contributed by atoms with E-state index in [2.05, 4.69) is 20.5 Å². The van der Waals surface area contributed by atoms with Gasteiger partial charge in [-0.15, -0.1) is 10.2 Å². The highest BCUT2D eigenvalue weighted by Crippen LogP contribution is 2.47. The summed E-state index contributed by atoms with van der Waals surface area (Å²) in [7, 11) is 0. The van der Waals surface area contributed by atoms with Crippen LogP contribution in [0.1, 0.15) is 62.6 Å². The molecule has 2 aromatic heterocycles. The molecular formula is C28H26F7N5O4. The van der Waals surface area contributed by atoms with Crippen LogP contribution in [-0.2, 0) is 16.5 Å². The van der Waals surface area contributed by atoms with Gasteiger partial charge in [0.05, 0.1) is 5.69 Å². The fraction of sp³-hybridized carbons (Fsp3) is 0.429. The van der Waals surface area contributed by atoms with Gasteiger partial charge in [-0.05, 0) is 63.8 Å². The Kier molecular flexibility index (Phi) is 7.63. The van der Waals surface area contributed by atoms with E-state index in [1.165, 1.54) is 43.9 Å². The average Bonchev–Trinajstić information content (AvgIpc) is 3.56. The van der Waals surface area contributed by atoms with Crippen LogP contribution in [0.3, 0.4) is 0 Å². The number of amides is 1. The van der Waals surface area contributed by atoms with E-state index in [0.717, 1.165) is 12.1 Å². The number of aromatic nitrogens is 3. The molecule has 0 spiro atoms. The van der Waals surface area contributed by atoms with Crippen LogP contribution in [-0.4, -0.2) is 50.7 Å². The molecule has 9 nitrogen and oxygen atoms in total. The smallest absolute Gasteiger partial charge is 0.430 e. The molecule has 1 fully saturated rings. The summed E-state index contributed by atoms with van der Waals surface area (Å²) in [6.45, 7) is 4.67. The molecule has 3 aromatic rings. The van der Waals surface area contributed by atoms with E-state index in [0.29, 0.717) is 18.9 Å². The maximum absolute atomic E-state index is 14.9. The number of anilines is 2. The van der Waals surface area contributed by atoms with Crippen molar-refractivity contribution in [3.8, 4) is 11.6 Å². The van der Waals surface area contributed by atoms with Crippen molar-refractivity contribution >= 4 is 23.7 Å². The van der Waals surface area contributed by atoms with Crippen LogP contribution in [0, 0.1) is 5.82 Å². The molecule has 0 aliphatic carbocycles. The van der Waals surface area contributed by atoms with Crippen molar-refractivity contribution in [3.63, 3.8) is 0 Å². The Bertz CT molecular complexity index is 1610. The Hall–Kier alpha value is -4.21. The lowest BCUT2D eigenvalue weighted by molar-refractivity contribution is -0.256. The van der Waals surface area contributed by atoms with E-state index < -0.39 is 81.6 Å². The van der Waals surface area contributed by atoms with E-state index >= 15 is 0 Å². The number of halogens is 7. The summed E-state index contributed by atoms with van der Waals surface area (Å²) in [6, 6.07) is 2.72. The molecule has 2 atom stereocenters. The summed E-state index contributed by atoms with van der Waals surface area (Å²) < 4.78 is 112. The van der Waals surface area contributed by atoms with Crippen molar-refractivity contribution in [3.05, 3.63) is 58.7 Å². The summed E-state index contributed by atoms with van der Waals surface area (Å²) in [5.41, 5.74) is -8.96. The van der Waals surface area contributed by atoms with Gasteiger partial charge >= 0.3 is 18.4 Å². The third-order valence-electron chi connectivity index (χ3n) is 7.04. The lowest BCUT2D eigenvalue weighted by Crippen LogP contribution is -2.44. The van der Waals surface area contributed by atoms with Gasteiger partial charge in [0.1, 0.15) is 22.8 Å². The van der Waals surface area contributed by atoms with Crippen molar-refractivity contribution in [2.75, 3.05) is 16.8 Å². The Balaban J connectivity index is 1.80. The second-order valence-corrected chi connectivity index (χ2v) is 11.4. The number of ether oxygens (including phenoxy) is 1. The van der Waals surface area contributed by atoms with Crippen molar-refractivity contribution in [2.24, 2.45) is 0 Å². The molecule has 1 amide bonds. The fourth-order valence-corrected chi connectivity index (χ4v) is 5.10. The zero-order chi connectivity index (χ0) is 32.2. The molecule has 0 unspecified atom stereocenters. The van der Waals surface area contributed by atoms with Gasteiger partial charge < -0.3 is 19.2 Å². The van der Waals surface area contributed by atoms with Gasteiger partial charge in [-0.1, -0.05) is 18.2 Å². The third-order valence-corrected chi connectivity index (χ3v) is 7.04. The zero-order valence-electron chi connectivity index (χ0n) is 23.5. The molecule has 2 aliphatic heterocycles. The number of nitrogens with one attached hydrogen (secondary N) is 1. The van der Waals surface area contributed by atoms with E-state index in [1.54, 1.807) is 0 Å². The quantitative estimate of drug-likeness (QED) is 0.282. The number of alkyl halides is 6. The van der Waals surface area contributed by atoms with Gasteiger partial charge in [-0.2, -0.15) is 26.3 Å². The van der Waals surface area contributed by atoms with Crippen molar-refractivity contribution in [2.45, 2.75) is 69.6 Å². The Morgan fingerprint density at radius 3 is 2.52 bits per heavy atom. The molecular weight excluding hydrogens is 603 g/mol. The number of nitrogens with zero attached hydrogens (tertiary/aromatic N) is 4. The van der Waals surface area contributed by atoms with Gasteiger partial charge in [-0.25, -0.2) is 14.2 Å². The summed E-state index contributed by atoms with van der Waals surface area (Å²) >= 11 is 0. The highest BCUT2D eigenvalue weighted by Gasteiger charge is 2.61. The Morgan fingerprint density at radius 1 is 1.14 bits per heavy atom. The van der Waals surface area contributed by atoms with Gasteiger partial charge in [0, 0.05) is 18.2 Å². The minimum Gasteiger partial charge on any atom is -0.444 e. The number of benzene rings is 1. The molecule has 1 aromatic carbocycles. The van der Waals surface area contributed by atoms with Gasteiger partial charge in [0.2, 0.25) is 0 Å². The monoisotopic (exact) mass is 629 g/mol. The van der Waals surface area contributed by atoms with Crippen LogP contribution in [0.25, 0.3) is 17.7 Å². The van der Waals surface area contributed by atoms with E-state index in [1.807, 2.05) is 0 Å². The summed E-state index contributed by atoms with van der Waals surface area (Å²) in [5, 5.41) is 20.0. The topological polar surface area (TPSA) is 114 Å². The first kappa shape index (κ1) is 31.2. The van der Waals surface area contributed by atoms with Gasteiger partial charge in [-0.3, -0.25) is 5.32 Å². The molecule has 2 aliphatic rings. The lowest BCUT2D eigenvalue weighted by atomic mass is 9.90. The number of hydrogen-bond acceptors (Lipinski definition) is 8. The van der Waals surface area contributed by atoms with Crippen LogP contribution in [0.2, 0.25) is 0 Å². The van der Waals surface area contributed by atoms with Crippen LogP contribution < -0.4 is 10.2 Å². The maximum Gasteiger partial charge on any atom is 0.430 e. The second kappa shape index (κ2) is 10.7. The second-order valence-electron chi connectivity index (χ2n) is 11.4. The van der Waals surface area contributed by atoms with Crippen LogP contribution >= 0.6 is 0 Å². The summed E-state index contributed by atoms with van der Waals surface area (Å²) in [4.78, 5) is 18.1. The predicted octanol–water partition coefficient (Wildman–Crippen LogP) is 6.82. The van der Waals surface area contributed by atoms with Crippen LogP contribution in [0.4, 0.5) is 47.0 Å². The SMILES string of the molecule is CC(C)(C)OC(=O)Nc1cc(C(F)(F)F)c2nc1-c1nnc(o1)[C@](O)(C(F)(F)F)c1cc(ccc1F)/C=C\C[C@@H]1CCCN21. The predicted molar refractivity (Wildman–Crippen MR) is 142 cm³/mol. The average molecular weight is 630 g/mol. The fourth-order valence-electron chi connectivity index (χ4n) is 5.10. The summed E-state index contributed by atoms with van der Waals surface area (Å²) in [6.07, 6.45) is -7.76. The number of hydrogen-bond donors (Lipinski definition) is 2. The number of carbonyl (C=O) groups is 1. The highest BCUT2D eigenvalue weighted by atomic mass is 19.4. The van der Waals surface area contributed by atoms with Crippen molar-refractivity contribution in [1.82, 2.24) is 15.2 Å². The first-order valence-corrected chi connectivity index (χ1v) is 13.4. The largest absolute Gasteiger partial charge is 0.444 e. The minimum absolute atomic E-state index is 0.0711. The van der Waals surface area contributed by atoms with E-state index in [4.69, 9.17) is 9.15 Å². The number of fused-ring (bicyclic) bond motifs is 9. The van der Waals surface area contributed by atoms with Crippen LogP contribution in [0.5, 0.6) is 0 Å². The summed E-state index contributed by atoms with van der Waals surface area (Å²) in [5.74, 6) is -4.43. The lowest BCUT2D eigenvalue weighted by Gasteiger charge is -2.29.